The molecule has 0 amide bonds. The lowest BCUT2D eigenvalue weighted by molar-refractivity contribution is 0.103. The molecule has 0 saturated heterocycles. The Morgan fingerprint density at radius 2 is 1.26 bits per heavy atom. The van der Waals surface area contributed by atoms with Gasteiger partial charge in [0.05, 0.1) is 26.6 Å². The molecule has 3 rings (SSSR count). The van der Waals surface area contributed by atoms with Crippen LogP contribution in [0.4, 0.5) is 0 Å². The molecule has 0 aliphatic heterocycles. The number of benzene rings is 3. The number of rotatable bonds is 8. The molecule has 34 heavy (non-hydrogen) atoms. The molecule has 6 nitrogen and oxygen atoms in total. The van der Waals surface area contributed by atoms with Crippen molar-refractivity contribution in [2.75, 3.05) is 21.3 Å². The third-order valence-electron chi connectivity index (χ3n) is 6.07. The van der Waals surface area contributed by atoms with Crippen molar-refractivity contribution in [2.24, 2.45) is 0 Å². The van der Waals surface area contributed by atoms with Crippen molar-refractivity contribution < 1.29 is 28.4 Å². The van der Waals surface area contributed by atoms with E-state index >= 15 is 0 Å². The molecule has 0 aliphatic carbocycles. The molecular weight excluding hydrogens is 451 g/mol. The third-order valence-corrected chi connectivity index (χ3v) is 7.49. The molecule has 1 atom stereocenters. The summed E-state index contributed by atoms with van der Waals surface area (Å²) >= 11 is 0. The first-order valence-electron chi connectivity index (χ1n) is 10.7. The summed E-state index contributed by atoms with van der Waals surface area (Å²) < 4.78 is 29.6. The van der Waals surface area contributed by atoms with Gasteiger partial charge in [-0.3, -0.25) is 14.2 Å². The van der Waals surface area contributed by atoms with Crippen LogP contribution in [0.3, 0.4) is 0 Å². The molecule has 0 bridgehead atoms. The van der Waals surface area contributed by atoms with Crippen molar-refractivity contribution in [1.82, 2.24) is 0 Å². The van der Waals surface area contributed by atoms with Crippen molar-refractivity contribution in [3.63, 3.8) is 0 Å². The van der Waals surface area contributed by atoms with Gasteiger partial charge in [-0.25, -0.2) is 0 Å². The topological polar surface area (TPSA) is 78.9 Å². The van der Waals surface area contributed by atoms with E-state index in [2.05, 4.69) is 0 Å². The van der Waals surface area contributed by atoms with Crippen LogP contribution in [0, 0.1) is 27.7 Å². The van der Waals surface area contributed by atoms with Gasteiger partial charge in [-0.1, -0.05) is 18.2 Å². The Balaban J connectivity index is 2.15. The summed E-state index contributed by atoms with van der Waals surface area (Å²) in [6, 6.07) is 11.6. The van der Waals surface area contributed by atoms with Crippen LogP contribution >= 0.6 is 7.80 Å². The number of hydrogen-bond donors (Lipinski definition) is 0. The third kappa shape index (κ3) is 4.46. The van der Waals surface area contributed by atoms with Crippen molar-refractivity contribution >= 4 is 24.4 Å². The Labute approximate surface area is 200 Å². The summed E-state index contributed by atoms with van der Waals surface area (Å²) in [5, 5.41) is 0.172. The number of hydrogen-bond acceptors (Lipinski definition) is 6. The van der Waals surface area contributed by atoms with Gasteiger partial charge >= 0.3 is 0 Å². The molecule has 0 saturated carbocycles. The molecule has 0 spiro atoms. The summed E-state index contributed by atoms with van der Waals surface area (Å²) in [5.74, 6) is 0.516. The minimum absolute atomic E-state index is 0.0351. The molecule has 0 N–H and O–H groups in total. The van der Waals surface area contributed by atoms with Gasteiger partial charge < -0.3 is 14.2 Å². The molecule has 0 heterocycles. The van der Waals surface area contributed by atoms with Crippen LogP contribution in [0.1, 0.15) is 48.5 Å². The summed E-state index contributed by atoms with van der Waals surface area (Å²) in [4.78, 5) is 27.2. The second-order valence-corrected chi connectivity index (χ2v) is 9.46. The fraction of sp³-hybridized carbons (Fsp3) is 0.259. The molecule has 177 valence electrons. The average molecular weight is 479 g/mol. The zero-order chi connectivity index (χ0) is 25.2. The summed E-state index contributed by atoms with van der Waals surface area (Å²) in [6.45, 7) is 7.71. The van der Waals surface area contributed by atoms with Gasteiger partial charge in [0.25, 0.3) is 5.52 Å². The number of ketones is 1. The van der Waals surface area contributed by atoms with E-state index in [1.54, 1.807) is 24.3 Å². The standard InChI is InChI=1S/C27H28O6P/c1-15-12-16(2)18(4)24(17(15)3)26(28)20-10-8-9-11-23(20)34(30)27(29)25-21(32-6)13-19(31-5)14-22(25)33-7/h8-14H,1-7H3. The first kappa shape index (κ1) is 25.1. The van der Waals surface area contributed by atoms with Gasteiger partial charge in [-0.05, 0) is 62.1 Å². The average Bonchev–Trinajstić information content (AvgIpc) is 2.85. The Bertz CT molecular complexity index is 1260. The van der Waals surface area contributed by atoms with Gasteiger partial charge in [0.1, 0.15) is 22.8 Å². The predicted octanol–water partition coefficient (Wildman–Crippen LogP) is 5.47. The Morgan fingerprint density at radius 3 is 1.76 bits per heavy atom. The Hall–Kier alpha value is -3.50. The van der Waals surface area contributed by atoms with Crippen LogP contribution < -0.4 is 19.5 Å². The van der Waals surface area contributed by atoms with E-state index in [1.807, 2.05) is 33.8 Å². The minimum Gasteiger partial charge on any atom is -0.496 e. The molecule has 1 unspecified atom stereocenters. The second-order valence-electron chi connectivity index (χ2n) is 7.99. The Morgan fingerprint density at radius 1 is 0.735 bits per heavy atom. The van der Waals surface area contributed by atoms with E-state index in [0.29, 0.717) is 11.3 Å². The highest BCUT2D eigenvalue weighted by molar-refractivity contribution is 7.71. The Kier molecular flexibility index (Phi) is 7.53. The van der Waals surface area contributed by atoms with E-state index in [0.717, 1.165) is 22.3 Å². The lowest BCUT2D eigenvalue weighted by Crippen LogP contribution is -2.18. The highest BCUT2D eigenvalue weighted by Gasteiger charge is 2.30. The molecule has 0 fully saturated rings. The maximum absolute atomic E-state index is 13.7. The van der Waals surface area contributed by atoms with Gasteiger partial charge in [0.15, 0.2) is 13.6 Å². The van der Waals surface area contributed by atoms with E-state index in [-0.39, 0.29) is 33.7 Å². The highest BCUT2D eigenvalue weighted by Crippen LogP contribution is 2.40. The van der Waals surface area contributed by atoms with Crippen LogP contribution in [0.25, 0.3) is 0 Å². The predicted molar refractivity (Wildman–Crippen MR) is 133 cm³/mol. The molecule has 3 aromatic carbocycles. The van der Waals surface area contributed by atoms with E-state index < -0.39 is 13.3 Å². The number of ether oxygens (including phenoxy) is 3. The summed E-state index contributed by atoms with van der Waals surface area (Å²) in [5.41, 5.74) is 3.87. The van der Waals surface area contributed by atoms with E-state index in [1.165, 1.54) is 33.5 Å². The monoisotopic (exact) mass is 479 g/mol. The van der Waals surface area contributed by atoms with Gasteiger partial charge in [0.2, 0.25) is 0 Å². The highest BCUT2D eigenvalue weighted by atomic mass is 31.1. The van der Waals surface area contributed by atoms with Crippen LogP contribution in [0.5, 0.6) is 17.2 Å². The van der Waals surface area contributed by atoms with Crippen LogP contribution in [-0.2, 0) is 4.57 Å². The number of carbonyl (C=O) groups is 2. The first-order valence-corrected chi connectivity index (χ1v) is 11.9. The van der Waals surface area contributed by atoms with Crippen molar-refractivity contribution in [3.05, 3.63) is 81.4 Å². The molecule has 0 aliphatic rings. The van der Waals surface area contributed by atoms with Crippen molar-refractivity contribution in [2.45, 2.75) is 27.7 Å². The molecular formula is C27H28O6P. The SMILES string of the molecule is COc1cc(OC)c(C(=O)[P](=O)c2ccccc2C(=O)c2c(C)c(C)cc(C)c2C)c(OC)c1. The summed E-state index contributed by atoms with van der Waals surface area (Å²) in [6.07, 6.45) is 0. The van der Waals surface area contributed by atoms with Crippen molar-refractivity contribution in [3.8, 4) is 17.2 Å². The fourth-order valence-electron chi connectivity index (χ4n) is 3.96. The van der Waals surface area contributed by atoms with Crippen molar-refractivity contribution in [1.29, 1.82) is 0 Å². The van der Waals surface area contributed by atoms with E-state index in [4.69, 9.17) is 14.2 Å². The molecule has 7 heteroatoms. The number of carbonyl (C=O) groups excluding carboxylic acids is 2. The first-order chi connectivity index (χ1) is 16.2. The van der Waals surface area contributed by atoms with Gasteiger partial charge in [-0.2, -0.15) is 0 Å². The van der Waals surface area contributed by atoms with Crippen LogP contribution in [0.15, 0.2) is 42.5 Å². The largest absolute Gasteiger partial charge is 0.496 e. The molecule has 0 aromatic heterocycles. The lowest BCUT2D eigenvalue weighted by atomic mass is 9.89. The quantitative estimate of drug-likeness (QED) is 0.315. The van der Waals surface area contributed by atoms with Crippen LogP contribution in [0.2, 0.25) is 0 Å². The normalized spacial score (nSPS) is 11.1. The van der Waals surface area contributed by atoms with Crippen LogP contribution in [-0.4, -0.2) is 32.6 Å². The van der Waals surface area contributed by atoms with E-state index in [9.17, 15) is 14.2 Å². The molecule has 1 radical (unpaired) electrons. The number of methoxy groups -OCH3 is 3. The summed E-state index contributed by atoms with van der Waals surface area (Å²) in [7, 11) is 1.63. The van der Waals surface area contributed by atoms with Gasteiger partial charge in [-0.15, -0.1) is 0 Å². The maximum Gasteiger partial charge on any atom is 0.254 e. The van der Waals surface area contributed by atoms with Gasteiger partial charge in [0, 0.05) is 23.3 Å². The second kappa shape index (κ2) is 10.2. The lowest BCUT2D eigenvalue weighted by Gasteiger charge is -2.17. The zero-order valence-corrected chi connectivity index (χ0v) is 21.3. The fourth-order valence-corrected chi connectivity index (χ4v) is 5.22. The zero-order valence-electron chi connectivity index (χ0n) is 20.4. The maximum atomic E-state index is 13.7. The minimum atomic E-state index is -2.66. The number of aryl methyl sites for hydroxylation is 2. The smallest absolute Gasteiger partial charge is 0.254 e. The molecule has 3 aromatic rings.